The second-order valence-corrected chi connectivity index (χ2v) is 7.69. The van der Waals surface area contributed by atoms with E-state index in [1.54, 1.807) is 12.1 Å². The maximum absolute atomic E-state index is 13.2. The fourth-order valence-electron chi connectivity index (χ4n) is 2.47. The molecule has 0 atom stereocenters. The van der Waals surface area contributed by atoms with Crippen LogP contribution < -0.4 is 15.0 Å². The summed E-state index contributed by atoms with van der Waals surface area (Å²) in [7, 11) is 0. The fraction of sp³-hybridized carbons (Fsp3) is 0.647. The molecule has 1 aromatic rings. The van der Waals surface area contributed by atoms with Crippen molar-refractivity contribution in [2.75, 3.05) is 24.6 Å². The smallest absolute Gasteiger partial charge is 0.282 e. The third-order valence-electron chi connectivity index (χ3n) is 3.90. The number of nitrogens with one attached hydrogen (secondary N) is 1. The molecule has 3 rings (SSSR count). The normalized spacial score (nSPS) is 19.6. The molecular weight excluding hydrogens is 316 g/mol. The second kappa shape index (κ2) is 5.86. The maximum atomic E-state index is 13.2. The van der Waals surface area contributed by atoms with Gasteiger partial charge in [0.25, 0.3) is 11.8 Å². The molecule has 7 heteroatoms. The summed E-state index contributed by atoms with van der Waals surface area (Å²) < 4.78 is 32.0. The number of amides is 1. The van der Waals surface area contributed by atoms with E-state index in [1.807, 2.05) is 20.8 Å². The van der Waals surface area contributed by atoms with E-state index in [1.165, 1.54) is 4.90 Å². The van der Waals surface area contributed by atoms with Crippen LogP contribution in [-0.4, -0.2) is 42.0 Å². The van der Waals surface area contributed by atoms with Gasteiger partial charge in [0.2, 0.25) is 5.88 Å². The van der Waals surface area contributed by atoms with Gasteiger partial charge in [0.05, 0.1) is 19.7 Å². The zero-order valence-corrected chi connectivity index (χ0v) is 14.2. The SMILES string of the molecule is CC(C)(C)NC(=O)c1ccc(N2CC(F)(F)C2)c(OCC2CC2)n1. The summed E-state index contributed by atoms with van der Waals surface area (Å²) in [6.45, 7) is 5.46. The van der Waals surface area contributed by atoms with Crippen LogP contribution in [0.5, 0.6) is 5.88 Å². The molecule has 1 saturated heterocycles. The van der Waals surface area contributed by atoms with Gasteiger partial charge in [-0.3, -0.25) is 4.79 Å². The molecule has 2 fully saturated rings. The summed E-state index contributed by atoms with van der Waals surface area (Å²) in [5.41, 5.74) is 0.368. The molecule has 24 heavy (non-hydrogen) atoms. The quantitative estimate of drug-likeness (QED) is 0.896. The molecule has 5 nitrogen and oxygen atoms in total. The third-order valence-corrected chi connectivity index (χ3v) is 3.90. The molecule has 1 aliphatic heterocycles. The van der Waals surface area contributed by atoms with Crippen LogP contribution in [0.15, 0.2) is 12.1 Å². The average molecular weight is 339 g/mol. The van der Waals surface area contributed by atoms with E-state index in [4.69, 9.17) is 4.74 Å². The number of pyridine rings is 1. The predicted molar refractivity (Wildman–Crippen MR) is 86.8 cm³/mol. The lowest BCUT2D eigenvalue weighted by molar-refractivity contribution is -0.0265. The molecule has 0 radical (unpaired) electrons. The molecule has 1 N–H and O–H groups in total. The molecular formula is C17H23F2N3O2. The first-order valence-corrected chi connectivity index (χ1v) is 8.22. The summed E-state index contributed by atoms with van der Waals surface area (Å²) in [5.74, 6) is -2.21. The van der Waals surface area contributed by atoms with Gasteiger partial charge in [-0.05, 0) is 51.7 Å². The zero-order valence-electron chi connectivity index (χ0n) is 14.2. The Kier molecular flexibility index (Phi) is 4.13. The highest BCUT2D eigenvalue weighted by molar-refractivity contribution is 5.93. The Labute approximate surface area is 140 Å². The Morgan fingerprint density at radius 3 is 2.58 bits per heavy atom. The summed E-state index contributed by atoms with van der Waals surface area (Å²) in [4.78, 5) is 18.1. The number of aromatic nitrogens is 1. The monoisotopic (exact) mass is 339 g/mol. The van der Waals surface area contributed by atoms with Crippen LogP contribution >= 0.6 is 0 Å². The van der Waals surface area contributed by atoms with Gasteiger partial charge >= 0.3 is 0 Å². The number of anilines is 1. The Morgan fingerprint density at radius 2 is 2.04 bits per heavy atom. The largest absolute Gasteiger partial charge is 0.476 e. The Hall–Kier alpha value is -1.92. The molecule has 0 unspecified atom stereocenters. The van der Waals surface area contributed by atoms with Crippen molar-refractivity contribution in [1.82, 2.24) is 10.3 Å². The highest BCUT2D eigenvalue weighted by atomic mass is 19.3. The number of ether oxygens (including phenoxy) is 1. The van der Waals surface area contributed by atoms with Crippen LogP contribution in [0.25, 0.3) is 0 Å². The molecule has 0 bridgehead atoms. The van der Waals surface area contributed by atoms with Crippen molar-refractivity contribution < 1.29 is 18.3 Å². The van der Waals surface area contributed by atoms with E-state index >= 15 is 0 Å². The van der Waals surface area contributed by atoms with Gasteiger partial charge < -0.3 is 15.0 Å². The minimum Gasteiger partial charge on any atom is -0.476 e. The van der Waals surface area contributed by atoms with E-state index < -0.39 is 5.92 Å². The van der Waals surface area contributed by atoms with Crippen LogP contribution in [0.3, 0.4) is 0 Å². The molecule has 0 aromatic carbocycles. The van der Waals surface area contributed by atoms with Gasteiger partial charge in [-0.1, -0.05) is 0 Å². The van der Waals surface area contributed by atoms with Gasteiger partial charge in [-0.2, -0.15) is 0 Å². The van der Waals surface area contributed by atoms with Gasteiger partial charge in [0, 0.05) is 5.54 Å². The van der Waals surface area contributed by atoms with Crippen LogP contribution in [0.1, 0.15) is 44.1 Å². The Morgan fingerprint density at radius 1 is 1.38 bits per heavy atom. The van der Waals surface area contributed by atoms with E-state index in [-0.39, 0.29) is 36.1 Å². The summed E-state index contributed by atoms with van der Waals surface area (Å²) >= 11 is 0. The summed E-state index contributed by atoms with van der Waals surface area (Å²) in [6.07, 6.45) is 2.22. The lowest BCUT2D eigenvalue weighted by atomic mass is 10.1. The van der Waals surface area contributed by atoms with Crippen molar-refractivity contribution in [3.05, 3.63) is 17.8 Å². The topological polar surface area (TPSA) is 54.5 Å². The predicted octanol–water partition coefficient (Wildman–Crippen LogP) is 2.85. The standard InChI is InChI=1S/C17H23F2N3O2/c1-16(2,3)21-14(23)12-6-7-13(22-9-17(18,19)10-22)15(20-12)24-8-11-4-5-11/h6-7,11H,4-5,8-10H2,1-3H3,(H,21,23). The molecule has 1 amide bonds. The lowest BCUT2D eigenvalue weighted by Gasteiger charge is -2.40. The fourth-order valence-corrected chi connectivity index (χ4v) is 2.47. The van der Waals surface area contributed by atoms with Crippen LogP contribution in [0.4, 0.5) is 14.5 Å². The second-order valence-electron chi connectivity index (χ2n) is 7.69. The Bertz CT molecular complexity index is 631. The molecule has 2 aliphatic rings. The van der Waals surface area contributed by atoms with Gasteiger partial charge in [0.15, 0.2) is 0 Å². The summed E-state index contributed by atoms with van der Waals surface area (Å²) in [6, 6.07) is 3.19. The maximum Gasteiger partial charge on any atom is 0.282 e. The van der Waals surface area contributed by atoms with Crippen molar-refractivity contribution in [3.8, 4) is 5.88 Å². The van der Waals surface area contributed by atoms with Crippen LogP contribution in [-0.2, 0) is 0 Å². The number of carbonyl (C=O) groups excluding carboxylic acids is 1. The number of carbonyl (C=O) groups is 1. The third kappa shape index (κ3) is 4.13. The molecule has 1 aromatic heterocycles. The highest BCUT2D eigenvalue weighted by Crippen LogP contribution is 2.37. The number of hydrogen-bond donors (Lipinski definition) is 1. The number of halogens is 2. The first kappa shape index (κ1) is 16.9. The Balaban J connectivity index is 1.79. The van der Waals surface area contributed by atoms with Crippen molar-refractivity contribution in [1.29, 1.82) is 0 Å². The number of hydrogen-bond acceptors (Lipinski definition) is 4. The molecule has 2 heterocycles. The number of alkyl halides is 2. The first-order valence-electron chi connectivity index (χ1n) is 8.22. The number of nitrogens with zero attached hydrogens (tertiary/aromatic N) is 2. The average Bonchev–Trinajstić information content (AvgIpc) is 3.24. The highest BCUT2D eigenvalue weighted by Gasteiger charge is 2.45. The van der Waals surface area contributed by atoms with E-state index in [0.29, 0.717) is 18.2 Å². The minimum atomic E-state index is -2.67. The summed E-state index contributed by atoms with van der Waals surface area (Å²) in [5, 5.41) is 2.84. The molecule has 1 aliphatic carbocycles. The van der Waals surface area contributed by atoms with Crippen molar-refractivity contribution in [3.63, 3.8) is 0 Å². The van der Waals surface area contributed by atoms with Crippen LogP contribution in [0.2, 0.25) is 0 Å². The van der Waals surface area contributed by atoms with Crippen molar-refractivity contribution in [2.45, 2.75) is 45.1 Å². The van der Waals surface area contributed by atoms with Gasteiger partial charge in [-0.15, -0.1) is 0 Å². The molecule has 1 saturated carbocycles. The van der Waals surface area contributed by atoms with E-state index in [2.05, 4.69) is 10.3 Å². The molecule has 0 spiro atoms. The lowest BCUT2D eigenvalue weighted by Crippen LogP contribution is -2.56. The zero-order chi connectivity index (χ0) is 17.5. The molecule has 132 valence electrons. The minimum absolute atomic E-state index is 0.228. The van der Waals surface area contributed by atoms with Gasteiger partial charge in [0.1, 0.15) is 11.4 Å². The number of rotatable bonds is 5. The van der Waals surface area contributed by atoms with Crippen LogP contribution in [0, 0.1) is 5.92 Å². The van der Waals surface area contributed by atoms with Crippen molar-refractivity contribution in [2.24, 2.45) is 5.92 Å². The van der Waals surface area contributed by atoms with E-state index in [9.17, 15) is 13.6 Å². The van der Waals surface area contributed by atoms with E-state index in [0.717, 1.165) is 12.8 Å². The van der Waals surface area contributed by atoms with Gasteiger partial charge in [-0.25, -0.2) is 13.8 Å². The van der Waals surface area contributed by atoms with Crippen molar-refractivity contribution >= 4 is 11.6 Å². The first-order chi connectivity index (χ1) is 11.1.